The van der Waals surface area contributed by atoms with E-state index in [9.17, 15) is 9.90 Å². The van der Waals surface area contributed by atoms with E-state index in [1.54, 1.807) is 41.7 Å². The third-order valence-corrected chi connectivity index (χ3v) is 4.70. The van der Waals surface area contributed by atoms with Crippen molar-refractivity contribution in [1.82, 2.24) is 24.9 Å². The predicted molar refractivity (Wildman–Crippen MR) is 101 cm³/mol. The molecule has 1 saturated heterocycles. The Morgan fingerprint density at radius 2 is 2.00 bits per heavy atom. The molecule has 0 radical (unpaired) electrons. The highest BCUT2D eigenvalue weighted by Gasteiger charge is 2.27. The molecule has 8 nitrogen and oxygen atoms in total. The Labute approximate surface area is 162 Å². The van der Waals surface area contributed by atoms with Gasteiger partial charge < -0.3 is 14.7 Å². The fraction of sp³-hybridized carbons (Fsp3) is 0.300. The number of hydrogen-bond acceptors (Lipinski definition) is 6. The Bertz CT molecular complexity index is 945. The lowest BCUT2D eigenvalue weighted by molar-refractivity contribution is 0.0527. The van der Waals surface area contributed by atoms with Crippen molar-refractivity contribution in [3.63, 3.8) is 0 Å². The van der Waals surface area contributed by atoms with Crippen LogP contribution in [0.25, 0.3) is 5.69 Å². The van der Waals surface area contributed by atoms with Gasteiger partial charge in [-0.2, -0.15) is 15.0 Å². The van der Waals surface area contributed by atoms with E-state index in [0.29, 0.717) is 30.2 Å². The van der Waals surface area contributed by atoms with Crippen molar-refractivity contribution >= 4 is 5.91 Å². The highest BCUT2D eigenvalue weighted by Crippen LogP contribution is 2.21. The van der Waals surface area contributed by atoms with Gasteiger partial charge >= 0.3 is 0 Å². The van der Waals surface area contributed by atoms with Crippen LogP contribution in [0.15, 0.2) is 55.0 Å². The van der Waals surface area contributed by atoms with E-state index in [4.69, 9.17) is 4.74 Å². The summed E-state index contributed by atoms with van der Waals surface area (Å²) in [6.07, 6.45) is 6.32. The lowest BCUT2D eigenvalue weighted by Crippen LogP contribution is -2.44. The maximum atomic E-state index is 13.2. The van der Waals surface area contributed by atoms with E-state index in [2.05, 4.69) is 15.2 Å². The number of aliphatic hydroxyl groups is 1. The molecule has 1 unspecified atom stereocenters. The molecule has 4 rings (SSSR count). The monoisotopic (exact) mass is 379 g/mol. The second-order valence-corrected chi connectivity index (χ2v) is 6.63. The van der Waals surface area contributed by atoms with Crippen molar-refractivity contribution in [3.8, 4) is 11.6 Å². The average molecular weight is 379 g/mol. The number of hydrogen-bond donors (Lipinski definition) is 1. The number of aliphatic hydroxyl groups excluding tert-OH is 1. The van der Waals surface area contributed by atoms with Crippen LogP contribution in [0.2, 0.25) is 0 Å². The first kappa shape index (κ1) is 18.1. The molecule has 2 aromatic heterocycles. The first-order valence-corrected chi connectivity index (χ1v) is 9.22. The van der Waals surface area contributed by atoms with Crippen molar-refractivity contribution < 1.29 is 14.6 Å². The third kappa shape index (κ3) is 3.86. The van der Waals surface area contributed by atoms with E-state index in [0.717, 1.165) is 18.4 Å². The number of carbonyl (C=O) groups is 1. The number of aromatic nitrogens is 4. The summed E-state index contributed by atoms with van der Waals surface area (Å²) in [5.41, 5.74) is 1.95. The van der Waals surface area contributed by atoms with Crippen molar-refractivity contribution in [1.29, 1.82) is 0 Å². The summed E-state index contributed by atoms with van der Waals surface area (Å²) in [4.78, 5) is 20.6. The van der Waals surface area contributed by atoms with Gasteiger partial charge in [-0.15, -0.1) is 0 Å². The SMILES string of the molecule is O=C(c1ccccc1-n1nccn1)N1CCCC(Oc2cc(CO)ccn2)C1. The Morgan fingerprint density at radius 3 is 2.82 bits per heavy atom. The van der Waals surface area contributed by atoms with Gasteiger partial charge in [-0.3, -0.25) is 4.79 Å². The van der Waals surface area contributed by atoms with Gasteiger partial charge in [0.15, 0.2) is 0 Å². The van der Waals surface area contributed by atoms with E-state index in [-0.39, 0.29) is 18.6 Å². The smallest absolute Gasteiger partial charge is 0.256 e. The number of benzene rings is 1. The molecule has 1 atom stereocenters. The lowest BCUT2D eigenvalue weighted by Gasteiger charge is -2.33. The molecule has 1 amide bonds. The topological polar surface area (TPSA) is 93.4 Å². The first-order valence-electron chi connectivity index (χ1n) is 9.22. The molecular weight excluding hydrogens is 358 g/mol. The number of ether oxygens (including phenoxy) is 1. The molecule has 1 fully saturated rings. The first-order chi connectivity index (χ1) is 13.7. The number of para-hydroxylation sites is 1. The largest absolute Gasteiger partial charge is 0.472 e. The van der Waals surface area contributed by atoms with Crippen LogP contribution < -0.4 is 4.74 Å². The fourth-order valence-corrected chi connectivity index (χ4v) is 3.34. The number of rotatable bonds is 5. The van der Waals surface area contributed by atoms with Gasteiger partial charge in [0.2, 0.25) is 5.88 Å². The van der Waals surface area contributed by atoms with E-state index >= 15 is 0 Å². The zero-order valence-electron chi connectivity index (χ0n) is 15.3. The maximum absolute atomic E-state index is 13.2. The minimum Gasteiger partial charge on any atom is -0.472 e. The van der Waals surface area contributed by atoms with Crippen molar-refractivity contribution in [2.24, 2.45) is 0 Å². The van der Waals surface area contributed by atoms with Crippen LogP contribution in [-0.4, -0.2) is 55.1 Å². The summed E-state index contributed by atoms with van der Waals surface area (Å²) >= 11 is 0. The lowest BCUT2D eigenvalue weighted by atomic mass is 10.1. The van der Waals surface area contributed by atoms with Crippen LogP contribution >= 0.6 is 0 Å². The van der Waals surface area contributed by atoms with Crippen LogP contribution in [0.4, 0.5) is 0 Å². The second kappa shape index (κ2) is 8.18. The fourth-order valence-electron chi connectivity index (χ4n) is 3.34. The Balaban J connectivity index is 1.50. The number of carbonyl (C=O) groups excluding carboxylic acids is 1. The van der Waals surface area contributed by atoms with Gasteiger partial charge in [0.25, 0.3) is 5.91 Å². The van der Waals surface area contributed by atoms with Crippen LogP contribution in [0.5, 0.6) is 5.88 Å². The minimum atomic E-state index is -0.144. The van der Waals surface area contributed by atoms with Crippen molar-refractivity contribution in [2.75, 3.05) is 13.1 Å². The maximum Gasteiger partial charge on any atom is 0.256 e. The Hall–Kier alpha value is -3.26. The standard InChI is InChI=1S/C20H21N5O3/c26-14-15-7-8-21-19(12-15)28-16-4-3-11-24(13-16)20(27)17-5-1-2-6-18(17)25-22-9-10-23-25/h1-2,5-10,12,16,26H,3-4,11,13-14H2. The molecule has 0 spiro atoms. The molecule has 1 aliphatic rings. The Kier molecular flexibility index (Phi) is 5.29. The van der Waals surface area contributed by atoms with Crippen LogP contribution in [0, 0.1) is 0 Å². The average Bonchev–Trinajstić information content (AvgIpc) is 3.28. The van der Waals surface area contributed by atoms with Gasteiger partial charge in [0, 0.05) is 18.8 Å². The highest BCUT2D eigenvalue weighted by atomic mass is 16.5. The minimum absolute atomic E-state index is 0.0631. The summed E-state index contributed by atoms with van der Waals surface area (Å²) in [6.45, 7) is 1.08. The third-order valence-electron chi connectivity index (χ3n) is 4.70. The molecule has 8 heteroatoms. The van der Waals surface area contributed by atoms with Crippen molar-refractivity contribution in [3.05, 3.63) is 66.1 Å². The molecule has 1 aliphatic heterocycles. The van der Waals surface area contributed by atoms with E-state index < -0.39 is 0 Å². The summed E-state index contributed by atoms with van der Waals surface area (Å²) in [7, 11) is 0. The van der Waals surface area contributed by atoms with E-state index in [1.807, 2.05) is 18.2 Å². The second-order valence-electron chi connectivity index (χ2n) is 6.63. The van der Waals surface area contributed by atoms with Crippen LogP contribution in [-0.2, 0) is 6.61 Å². The molecule has 0 bridgehead atoms. The number of pyridine rings is 1. The molecule has 144 valence electrons. The van der Waals surface area contributed by atoms with Gasteiger partial charge in [0.1, 0.15) is 6.10 Å². The summed E-state index contributed by atoms with van der Waals surface area (Å²) < 4.78 is 5.97. The zero-order chi connectivity index (χ0) is 19.3. The molecule has 28 heavy (non-hydrogen) atoms. The number of nitrogens with zero attached hydrogens (tertiary/aromatic N) is 5. The molecule has 0 aliphatic carbocycles. The number of likely N-dealkylation sites (tertiary alicyclic amines) is 1. The summed E-state index contributed by atoms with van der Waals surface area (Å²) in [5.74, 6) is 0.394. The summed E-state index contributed by atoms with van der Waals surface area (Å²) in [6, 6.07) is 10.8. The molecule has 3 heterocycles. The van der Waals surface area contributed by atoms with Gasteiger partial charge in [-0.05, 0) is 36.6 Å². The zero-order valence-corrected chi connectivity index (χ0v) is 15.3. The number of piperidine rings is 1. The van der Waals surface area contributed by atoms with Crippen LogP contribution in [0.3, 0.4) is 0 Å². The van der Waals surface area contributed by atoms with Gasteiger partial charge in [-0.1, -0.05) is 12.1 Å². The quantitative estimate of drug-likeness (QED) is 0.727. The van der Waals surface area contributed by atoms with Crippen molar-refractivity contribution in [2.45, 2.75) is 25.6 Å². The molecular formula is C20H21N5O3. The molecule has 1 N–H and O–H groups in total. The van der Waals surface area contributed by atoms with Crippen LogP contribution in [0.1, 0.15) is 28.8 Å². The Morgan fingerprint density at radius 1 is 1.18 bits per heavy atom. The molecule has 0 saturated carbocycles. The molecule has 3 aromatic rings. The predicted octanol–water partition coefficient (Wildman–Crippen LogP) is 1.84. The molecule has 1 aromatic carbocycles. The van der Waals surface area contributed by atoms with Gasteiger partial charge in [0.05, 0.1) is 36.8 Å². The van der Waals surface area contributed by atoms with Gasteiger partial charge in [-0.25, -0.2) is 4.98 Å². The number of amides is 1. The summed E-state index contributed by atoms with van der Waals surface area (Å²) in [5, 5.41) is 17.6. The normalized spacial score (nSPS) is 16.8. The highest BCUT2D eigenvalue weighted by molar-refractivity contribution is 5.97. The van der Waals surface area contributed by atoms with E-state index in [1.165, 1.54) is 4.80 Å².